The molecule has 0 bridgehead atoms. The summed E-state index contributed by atoms with van der Waals surface area (Å²) in [5.41, 5.74) is 1.10. The molecule has 0 fully saturated rings. The minimum Gasteiger partial charge on any atom is -0.389 e. The third kappa shape index (κ3) is 11.3. The van der Waals surface area contributed by atoms with Gasteiger partial charge in [0.2, 0.25) is 0 Å². The molecular formula is C17H30IN3O2. The maximum atomic E-state index is 9.93. The highest BCUT2D eigenvalue weighted by Crippen LogP contribution is 2.01. The zero-order chi connectivity index (χ0) is 16.0. The van der Waals surface area contributed by atoms with Crippen LogP contribution in [0.5, 0.6) is 0 Å². The number of nitrogens with one attached hydrogen (secondary N) is 2. The van der Waals surface area contributed by atoms with E-state index in [9.17, 15) is 5.11 Å². The van der Waals surface area contributed by atoms with Gasteiger partial charge < -0.3 is 20.5 Å². The summed E-state index contributed by atoms with van der Waals surface area (Å²) in [6.45, 7) is 7.00. The molecule has 0 aliphatic heterocycles. The molecule has 6 heteroatoms. The van der Waals surface area contributed by atoms with Crippen molar-refractivity contribution in [2.75, 3.05) is 26.2 Å². The quantitative estimate of drug-likeness (QED) is 0.229. The van der Waals surface area contributed by atoms with E-state index in [0.717, 1.165) is 37.5 Å². The molecule has 0 aliphatic carbocycles. The standard InChI is InChI=1S/C17H29N3O2.HI/c1-3-5-11-19-17(18-4-2)20-12-16(21)14-22-13-15-9-7-6-8-10-15;/h6-10,16,21H,3-5,11-14H2,1-2H3,(H2,18,19,20);1H. The Labute approximate surface area is 156 Å². The van der Waals surface area contributed by atoms with E-state index >= 15 is 0 Å². The summed E-state index contributed by atoms with van der Waals surface area (Å²) in [5.74, 6) is 0.748. The van der Waals surface area contributed by atoms with Gasteiger partial charge in [0, 0.05) is 13.1 Å². The lowest BCUT2D eigenvalue weighted by atomic mass is 10.2. The Bertz CT molecular complexity index is 416. The topological polar surface area (TPSA) is 65.9 Å². The summed E-state index contributed by atoms with van der Waals surface area (Å²) in [7, 11) is 0. The first kappa shape index (κ1) is 22.1. The molecule has 0 aromatic heterocycles. The summed E-state index contributed by atoms with van der Waals surface area (Å²) in [6, 6.07) is 9.94. The van der Waals surface area contributed by atoms with E-state index < -0.39 is 6.10 Å². The summed E-state index contributed by atoms with van der Waals surface area (Å²) >= 11 is 0. The highest BCUT2D eigenvalue weighted by molar-refractivity contribution is 14.0. The Morgan fingerprint density at radius 1 is 1.22 bits per heavy atom. The molecule has 0 amide bonds. The average molecular weight is 435 g/mol. The Balaban J connectivity index is 0.00000484. The van der Waals surface area contributed by atoms with Gasteiger partial charge in [-0.05, 0) is 18.9 Å². The van der Waals surface area contributed by atoms with Crippen LogP contribution in [0.2, 0.25) is 0 Å². The van der Waals surface area contributed by atoms with Gasteiger partial charge in [0.1, 0.15) is 0 Å². The molecule has 1 rings (SSSR count). The van der Waals surface area contributed by atoms with Crippen molar-refractivity contribution in [3.05, 3.63) is 35.9 Å². The second-order valence-corrected chi connectivity index (χ2v) is 5.15. The molecule has 0 saturated carbocycles. The summed E-state index contributed by atoms with van der Waals surface area (Å²) in [6.07, 6.45) is 1.65. The molecule has 0 radical (unpaired) electrons. The van der Waals surface area contributed by atoms with Crippen molar-refractivity contribution in [2.24, 2.45) is 4.99 Å². The Morgan fingerprint density at radius 2 is 1.96 bits per heavy atom. The van der Waals surface area contributed by atoms with Crippen LogP contribution in [-0.2, 0) is 11.3 Å². The second-order valence-electron chi connectivity index (χ2n) is 5.15. The van der Waals surface area contributed by atoms with E-state index in [1.165, 1.54) is 0 Å². The van der Waals surface area contributed by atoms with E-state index in [-0.39, 0.29) is 30.6 Å². The van der Waals surface area contributed by atoms with E-state index in [0.29, 0.717) is 13.2 Å². The maximum Gasteiger partial charge on any atom is 0.191 e. The molecule has 0 saturated heterocycles. The molecule has 23 heavy (non-hydrogen) atoms. The van der Waals surface area contributed by atoms with E-state index in [1.54, 1.807) is 0 Å². The van der Waals surface area contributed by atoms with Crippen molar-refractivity contribution in [1.82, 2.24) is 10.6 Å². The van der Waals surface area contributed by atoms with Crippen molar-refractivity contribution < 1.29 is 9.84 Å². The number of benzene rings is 1. The molecule has 1 aromatic rings. The highest BCUT2D eigenvalue weighted by atomic mass is 127. The predicted molar refractivity (Wildman–Crippen MR) is 106 cm³/mol. The number of unbranched alkanes of at least 4 members (excludes halogenated alkanes) is 1. The molecule has 1 atom stereocenters. The van der Waals surface area contributed by atoms with Gasteiger partial charge in [-0.2, -0.15) is 0 Å². The fraction of sp³-hybridized carbons (Fsp3) is 0.588. The number of guanidine groups is 1. The lowest BCUT2D eigenvalue weighted by Crippen LogP contribution is -2.38. The second kappa shape index (κ2) is 14.7. The Kier molecular flexibility index (Phi) is 14.2. The van der Waals surface area contributed by atoms with Gasteiger partial charge in [0.05, 0.1) is 25.9 Å². The van der Waals surface area contributed by atoms with Gasteiger partial charge >= 0.3 is 0 Å². The van der Waals surface area contributed by atoms with Crippen LogP contribution < -0.4 is 10.6 Å². The molecular weight excluding hydrogens is 405 g/mol. The van der Waals surface area contributed by atoms with Crippen LogP contribution in [-0.4, -0.2) is 43.4 Å². The molecule has 5 nitrogen and oxygen atoms in total. The molecule has 0 aliphatic rings. The van der Waals surface area contributed by atoms with E-state index in [4.69, 9.17) is 4.74 Å². The first-order chi connectivity index (χ1) is 10.8. The lowest BCUT2D eigenvalue weighted by molar-refractivity contribution is 0.0331. The molecule has 0 spiro atoms. The predicted octanol–water partition coefficient (Wildman–Crippen LogP) is 2.54. The van der Waals surface area contributed by atoms with Crippen LogP contribution in [0.3, 0.4) is 0 Å². The number of halogens is 1. The van der Waals surface area contributed by atoms with E-state index in [1.807, 2.05) is 37.3 Å². The van der Waals surface area contributed by atoms with Crippen LogP contribution >= 0.6 is 24.0 Å². The van der Waals surface area contributed by atoms with Gasteiger partial charge in [0.25, 0.3) is 0 Å². The largest absolute Gasteiger partial charge is 0.389 e. The highest BCUT2D eigenvalue weighted by Gasteiger charge is 2.05. The molecule has 0 heterocycles. The summed E-state index contributed by atoms with van der Waals surface area (Å²) < 4.78 is 5.51. The monoisotopic (exact) mass is 435 g/mol. The normalized spacial score (nSPS) is 12.4. The van der Waals surface area contributed by atoms with Crippen molar-refractivity contribution in [2.45, 2.75) is 39.4 Å². The minimum atomic E-state index is -0.592. The van der Waals surface area contributed by atoms with Gasteiger partial charge in [-0.15, -0.1) is 24.0 Å². The maximum absolute atomic E-state index is 9.93. The number of hydrogen-bond acceptors (Lipinski definition) is 3. The smallest absolute Gasteiger partial charge is 0.191 e. The number of aliphatic imine (C=N–C) groups is 1. The van der Waals surface area contributed by atoms with Crippen molar-refractivity contribution in [1.29, 1.82) is 0 Å². The fourth-order valence-electron chi connectivity index (χ4n) is 1.86. The number of rotatable bonds is 10. The third-order valence-electron chi connectivity index (χ3n) is 3.05. The fourth-order valence-corrected chi connectivity index (χ4v) is 1.86. The Hall–Kier alpha value is -0.860. The molecule has 132 valence electrons. The van der Waals surface area contributed by atoms with Gasteiger partial charge in [-0.3, -0.25) is 4.99 Å². The number of aliphatic hydroxyl groups is 1. The van der Waals surface area contributed by atoms with Crippen LogP contribution in [0.15, 0.2) is 35.3 Å². The van der Waals surface area contributed by atoms with Crippen molar-refractivity contribution >= 4 is 29.9 Å². The number of nitrogens with zero attached hydrogens (tertiary/aromatic N) is 1. The lowest BCUT2D eigenvalue weighted by Gasteiger charge is -2.13. The average Bonchev–Trinajstić information content (AvgIpc) is 2.54. The minimum absolute atomic E-state index is 0. The number of aliphatic hydroxyl groups excluding tert-OH is 1. The molecule has 1 aromatic carbocycles. The molecule has 3 N–H and O–H groups in total. The van der Waals surface area contributed by atoms with Crippen molar-refractivity contribution in [3.8, 4) is 0 Å². The van der Waals surface area contributed by atoms with Gasteiger partial charge in [0.15, 0.2) is 5.96 Å². The van der Waals surface area contributed by atoms with Gasteiger partial charge in [-0.25, -0.2) is 0 Å². The zero-order valence-electron chi connectivity index (χ0n) is 14.1. The SMILES string of the molecule is CCCCNC(=NCC(O)COCc1ccccc1)NCC.I. The first-order valence-electron chi connectivity index (χ1n) is 8.08. The van der Waals surface area contributed by atoms with Crippen LogP contribution in [0.4, 0.5) is 0 Å². The van der Waals surface area contributed by atoms with Gasteiger partial charge in [-0.1, -0.05) is 43.7 Å². The van der Waals surface area contributed by atoms with Crippen molar-refractivity contribution in [3.63, 3.8) is 0 Å². The zero-order valence-corrected chi connectivity index (χ0v) is 16.5. The third-order valence-corrected chi connectivity index (χ3v) is 3.05. The first-order valence-corrected chi connectivity index (χ1v) is 8.08. The number of ether oxygens (including phenoxy) is 1. The number of hydrogen-bond donors (Lipinski definition) is 3. The van der Waals surface area contributed by atoms with Crippen LogP contribution in [0.1, 0.15) is 32.3 Å². The summed E-state index contributed by atoms with van der Waals surface area (Å²) in [4.78, 5) is 4.38. The van der Waals surface area contributed by atoms with E-state index in [2.05, 4.69) is 22.5 Å². The Morgan fingerprint density at radius 3 is 2.61 bits per heavy atom. The van der Waals surface area contributed by atoms with Crippen LogP contribution in [0, 0.1) is 0 Å². The molecule has 1 unspecified atom stereocenters. The van der Waals surface area contributed by atoms with Crippen LogP contribution in [0.25, 0.3) is 0 Å². The summed E-state index contributed by atoms with van der Waals surface area (Å²) in [5, 5.41) is 16.3.